The van der Waals surface area contributed by atoms with Gasteiger partial charge in [0.15, 0.2) is 0 Å². The number of hydrogen-bond acceptors (Lipinski definition) is 5. The van der Waals surface area contributed by atoms with Crippen molar-refractivity contribution in [1.82, 2.24) is 15.3 Å². The van der Waals surface area contributed by atoms with Crippen molar-refractivity contribution in [3.8, 4) is 0 Å². The van der Waals surface area contributed by atoms with Crippen LogP contribution in [-0.2, 0) is 0 Å². The van der Waals surface area contributed by atoms with Gasteiger partial charge in [-0.1, -0.05) is 11.6 Å². The van der Waals surface area contributed by atoms with Crippen LogP contribution in [0.5, 0.6) is 0 Å². The van der Waals surface area contributed by atoms with E-state index in [1.165, 1.54) is 0 Å². The molecule has 5 nitrogen and oxygen atoms in total. The first-order valence-corrected chi connectivity index (χ1v) is 4.89. The fraction of sp³-hybridized carbons (Fsp3) is 0.500. The molecule has 1 fully saturated rings. The Kier molecular flexibility index (Phi) is 2.69. The molecule has 0 amide bonds. The summed E-state index contributed by atoms with van der Waals surface area (Å²) in [4.78, 5) is 7.83. The quantitative estimate of drug-likeness (QED) is 0.624. The van der Waals surface area contributed by atoms with Gasteiger partial charge in [-0.2, -0.15) is 4.98 Å². The van der Waals surface area contributed by atoms with Crippen molar-refractivity contribution in [3.05, 3.63) is 11.2 Å². The second kappa shape index (κ2) is 3.98. The Hall–Kier alpha value is -1.07. The molecule has 0 radical (unpaired) electrons. The van der Waals surface area contributed by atoms with E-state index in [1.54, 1.807) is 6.07 Å². The molecule has 1 aliphatic heterocycles. The van der Waals surface area contributed by atoms with Crippen molar-refractivity contribution in [2.24, 2.45) is 0 Å². The molecule has 0 aromatic carbocycles. The minimum Gasteiger partial charge on any atom is -0.368 e. The molecule has 1 aromatic rings. The lowest BCUT2D eigenvalue weighted by atomic mass is 10.2. The van der Waals surface area contributed by atoms with Crippen LogP contribution in [-0.4, -0.2) is 29.1 Å². The lowest BCUT2D eigenvalue weighted by Gasteiger charge is -2.11. The monoisotopic (exact) mass is 213 g/mol. The Balaban J connectivity index is 2.07. The third-order valence-electron chi connectivity index (χ3n) is 2.12. The van der Waals surface area contributed by atoms with Crippen molar-refractivity contribution >= 4 is 23.4 Å². The smallest absolute Gasteiger partial charge is 0.223 e. The average Bonchev–Trinajstić information content (AvgIpc) is 2.54. The summed E-state index contributed by atoms with van der Waals surface area (Å²) in [6.07, 6.45) is 1.08. The molecule has 2 heterocycles. The normalized spacial score (nSPS) is 21.1. The molecule has 0 bridgehead atoms. The van der Waals surface area contributed by atoms with Crippen molar-refractivity contribution in [2.45, 2.75) is 12.5 Å². The minimum atomic E-state index is 0.200. The average molecular weight is 214 g/mol. The highest BCUT2D eigenvalue weighted by atomic mass is 35.5. The molecule has 0 aliphatic carbocycles. The highest BCUT2D eigenvalue weighted by Crippen LogP contribution is 2.14. The van der Waals surface area contributed by atoms with E-state index >= 15 is 0 Å². The Labute approximate surface area is 87.1 Å². The molecule has 1 aromatic heterocycles. The number of nitrogens with zero attached hydrogens (tertiary/aromatic N) is 2. The van der Waals surface area contributed by atoms with Gasteiger partial charge in [0.05, 0.1) is 0 Å². The van der Waals surface area contributed by atoms with Gasteiger partial charge in [0, 0.05) is 18.7 Å². The van der Waals surface area contributed by atoms with Crippen LogP contribution in [0.25, 0.3) is 0 Å². The van der Waals surface area contributed by atoms with Gasteiger partial charge in [-0.25, -0.2) is 4.98 Å². The molecule has 0 spiro atoms. The van der Waals surface area contributed by atoms with Crippen LogP contribution >= 0.6 is 11.6 Å². The van der Waals surface area contributed by atoms with E-state index in [2.05, 4.69) is 20.6 Å². The van der Waals surface area contributed by atoms with Gasteiger partial charge >= 0.3 is 0 Å². The van der Waals surface area contributed by atoms with Gasteiger partial charge in [-0.15, -0.1) is 0 Å². The molecule has 14 heavy (non-hydrogen) atoms. The molecular formula is C8H12ClN5. The van der Waals surface area contributed by atoms with Crippen LogP contribution < -0.4 is 16.4 Å². The predicted molar refractivity (Wildman–Crippen MR) is 56.4 cm³/mol. The third-order valence-corrected chi connectivity index (χ3v) is 2.32. The largest absolute Gasteiger partial charge is 0.368 e. The molecule has 1 saturated heterocycles. The second-order valence-electron chi connectivity index (χ2n) is 3.27. The molecule has 1 aliphatic rings. The van der Waals surface area contributed by atoms with E-state index in [0.29, 0.717) is 17.0 Å². The van der Waals surface area contributed by atoms with Gasteiger partial charge in [-0.05, 0) is 13.0 Å². The molecule has 4 N–H and O–H groups in total. The van der Waals surface area contributed by atoms with Crippen LogP contribution in [0.1, 0.15) is 6.42 Å². The Morgan fingerprint density at radius 3 is 3.07 bits per heavy atom. The lowest BCUT2D eigenvalue weighted by Crippen LogP contribution is -2.22. The van der Waals surface area contributed by atoms with E-state index in [9.17, 15) is 0 Å². The zero-order valence-electron chi connectivity index (χ0n) is 7.63. The number of aromatic nitrogens is 2. The van der Waals surface area contributed by atoms with Crippen molar-refractivity contribution in [3.63, 3.8) is 0 Å². The SMILES string of the molecule is Nc1nc(Cl)cc(NC2CCNC2)n1. The summed E-state index contributed by atoms with van der Waals surface area (Å²) in [5, 5.41) is 6.86. The standard InChI is InChI=1S/C8H12ClN5/c9-6-3-7(14-8(10)13-6)12-5-1-2-11-4-5/h3,5,11H,1-2,4H2,(H3,10,12,13,14). The number of halogens is 1. The van der Waals surface area contributed by atoms with Gasteiger partial charge in [-0.3, -0.25) is 0 Å². The van der Waals surface area contributed by atoms with E-state index in [0.717, 1.165) is 19.5 Å². The molecule has 6 heteroatoms. The van der Waals surface area contributed by atoms with Crippen LogP contribution in [0.3, 0.4) is 0 Å². The molecule has 1 atom stereocenters. The maximum Gasteiger partial charge on any atom is 0.223 e. The summed E-state index contributed by atoms with van der Waals surface area (Å²) >= 11 is 5.75. The number of nitrogens with two attached hydrogens (primary N) is 1. The minimum absolute atomic E-state index is 0.200. The van der Waals surface area contributed by atoms with Crippen molar-refractivity contribution < 1.29 is 0 Å². The summed E-state index contributed by atoms with van der Waals surface area (Å²) < 4.78 is 0. The highest BCUT2D eigenvalue weighted by molar-refractivity contribution is 6.29. The second-order valence-corrected chi connectivity index (χ2v) is 3.66. The van der Waals surface area contributed by atoms with E-state index in [-0.39, 0.29) is 5.95 Å². The number of anilines is 2. The highest BCUT2D eigenvalue weighted by Gasteiger charge is 2.14. The van der Waals surface area contributed by atoms with E-state index < -0.39 is 0 Å². The summed E-state index contributed by atoms with van der Waals surface area (Å²) in [5.74, 6) is 0.891. The summed E-state index contributed by atoms with van der Waals surface area (Å²) in [5.41, 5.74) is 5.47. The van der Waals surface area contributed by atoms with Gasteiger partial charge in [0.25, 0.3) is 0 Å². The number of nitrogen functional groups attached to an aromatic ring is 1. The van der Waals surface area contributed by atoms with Gasteiger partial charge in [0.2, 0.25) is 5.95 Å². The van der Waals surface area contributed by atoms with E-state index in [1.807, 2.05) is 0 Å². The topological polar surface area (TPSA) is 75.9 Å². The summed E-state index contributed by atoms with van der Waals surface area (Å²) in [7, 11) is 0. The Morgan fingerprint density at radius 2 is 2.43 bits per heavy atom. The van der Waals surface area contributed by atoms with Crippen LogP contribution in [0.4, 0.5) is 11.8 Å². The molecule has 1 unspecified atom stereocenters. The first-order valence-electron chi connectivity index (χ1n) is 4.51. The van der Waals surface area contributed by atoms with Crippen molar-refractivity contribution in [1.29, 1.82) is 0 Å². The van der Waals surface area contributed by atoms with Gasteiger partial charge < -0.3 is 16.4 Å². The maximum atomic E-state index is 5.75. The molecule has 2 rings (SSSR count). The zero-order valence-corrected chi connectivity index (χ0v) is 8.38. The third kappa shape index (κ3) is 2.24. The Morgan fingerprint density at radius 1 is 1.57 bits per heavy atom. The van der Waals surface area contributed by atoms with E-state index in [4.69, 9.17) is 17.3 Å². The van der Waals surface area contributed by atoms with Crippen LogP contribution in [0.2, 0.25) is 5.15 Å². The number of rotatable bonds is 2. The zero-order chi connectivity index (χ0) is 9.97. The fourth-order valence-electron chi connectivity index (χ4n) is 1.50. The number of nitrogens with one attached hydrogen (secondary N) is 2. The fourth-order valence-corrected chi connectivity index (χ4v) is 1.69. The first kappa shape index (κ1) is 9.48. The van der Waals surface area contributed by atoms with Crippen LogP contribution in [0.15, 0.2) is 6.07 Å². The molecule has 0 saturated carbocycles. The summed E-state index contributed by atoms with van der Waals surface area (Å²) in [6, 6.07) is 2.08. The predicted octanol–water partition coefficient (Wildman–Crippen LogP) is 0.486. The number of hydrogen-bond donors (Lipinski definition) is 3. The summed E-state index contributed by atoms with van der Waals surface area (Å²) in [6.45, 7) is 1.98. The maximum absolute atomic E-state index is 5.75. The van der Waals surface area contributed by atoms with Crippen molar-refractivity contribution in [2.75, 3.05) is 24.1 Å². The van der Waals surface area contributed by atoms with Gasteiger partial charge in [0.1, 0.15) is 11.0 Å². The first-order chi connectivity index (χ1) is 6.74. The molecular weight excluding hydrogens is 202 g/mol. The molecule has 76 valence electrons. The lowest BCUT2D eigenvalue weighted by molar-refractivity contribution is 0.787. The van der Waals surface area contributed by atoms with Crippen LogP contribution in [0, 0.1) is 0 Å². The Bertz CT molecular complexity index is 303.